The van der Waals surface area contributed by atoms with Gasteiger partial charge in [-0.1, -0.05) is 24.3 Å². The van der Waals surface area contributed by atoms with E-state index in [-0.39, 0.29) is 29.6 Å². The molecular weight excluding hydrogens is 484 g/mol. The number of amides is 1. The van der Waals surface area contributed by atoms with Crippen molar-refractivity contribution in [1.82, 2.24) is 4.31 Å². The molecule has 2 aliphatic rings. The maximum atomic E-state index is 13.1. The SMILES string of the molecule is COc1ccc(C=CC(=O)OC(C)C(=O)N2CCCc3ccccc32)cc1S(=O)(=O)N1CCOCC1. The lowest BCUT2D eigenvalue weighted by Crippen LogP contribution is -2.42. The Hall–Kier alpha value is -3.21. The van der Waals surface area contributed by atoms with Gasteiger partial charge in [-0.2, -0.15) is 4.31 Å². The number of hydrogen-bond acceptors (Lipinski definition) is 7. The average molecular weight is 515 g/mol. The van der Waals surface area contributed by atoms with Crippen LogP contribution in [0.25, 0.3) is 6.08 Å². The van der Waals surface area contributed by atoms with E-state index in [1.54, 1.807) is 17.9 Å². The molecule has 0 aromatic heterocycles. The lowest BCUT2D eigenvalue weighted by molar-refractivity contribution is -0.149. The van der Waals surface area contributed by atoms with Crippen molar-refractivity contribution in [2.75, 3.05) is 44.9 Å². The Morgan fingerprint density at radius 3 is 2.58 bits per heavy atom. The van der Waals surface area contributed by atoms with Gasteiger partial charge >= 0.3 is 5.97 Å². The second kappa shape index (κ2) is 11.2. The van der Waals surface area contributed by atoms with Crippen LogP contribution in [-0.2, 0) is 35.5 Å². The van der Waals surface area contributed by atoms with Gasteiger partial charge in [-0.05, 0) is 55.2 Å². The molecule has 2 aromatic carbocycles. The molecule has 10 heteroatoms. The molecule has 4 rings (SSSR count). The molecule has 0 bridgehead atoms. The highest BCUT2D eigenvalue weighted by molar-refractivity contribution is 7.89. The van der Waals surface area contributed by atoms with Gasteiger partial charge in [0.15, 0.2) is 6.10 Å². The number of para-hydroxylation sites is 1. The first-order valence-corrected chi connectivity index (χ1v) is 13.3. The average Bonchev–Trinajstić information content (AvgIpc) is 2.91. The van der Waals surface area contributed by atoms with E-state index in [2.05, 4.69) is 0 Å². The number of methoxy groups -OCH3 is 1. The molecule has 9 nitrogen and oxygen atoms in total. The van der Waals surface area contributed by atoms with E-state index in [9.17, 15) is 18.0 Å². The third kappa shape index (κ3) is 5.61. The minimum atomic E-state index is -3.80. The second-order valence-corrected chi connectivity index (χ2v) is 10.5. The van der Waals surface area contributed by atoms with Gasteiger partial charge in [-0.15, -0.1) is 0 Å². The zero-order valence-electron chi connectivity index (χ0n) is 20.4. The van der Waals surface area contributed by atoms with E-state index in [1.165, 1.54) is 35.7 Å². The van der Waals surface area contributed by atoms with Crippen molar-refractivity contribution in [3.05, 3.63) is 59.7 Å². The highest BCUT2D eigenvalue weighted by Crippen LogP contribution is 2.29. The minimum Gasteiger partial charge on any atom is -0.495 e. The maximum absolute atomic E-state index is 13.1. The van der Waals surface area contributed by atoms with E-state index < -0.39 is 22.1 Å². The number of hydrogen-bond donors (Lipinski definition) is 0. The molecule has 0 spiro atoms. The molecule has 1 fully saturated rings. The van der Waals surface area contributed by atoms with Crippen molar-refractivity contribution in [1.29, 1.82) is 0 Å². The van der Waals surface area contributed by atoms with Crippen LogP contribution in [0.5, 0.6) is 5.75 Å². The maximum Gasteiger partial charge on any atom is 0.331 e. The summed E-state index contributed by atoms with van der Waals surface area (Å²) in [4.78, 5) is 27.1. The number of benzene rings is 2. The van der Waals surface area contributed by atoms with E-state index in [0.717, 1.165) is 24.1 Å². The van der Waals surface area contributed by atoms with Crippen LogP contribution >= 0.6 is 0 Å². The molecule has 1 unspecified atom stereocenters. The minimum absolute atomic E-state index is 0.00901. The summed E-state index contributed by atoms with van der Waals surface area (Å²) in [6.45, 7) is 3.28. The fourth-order valence-corrected chi connectivity index (χ4v) is 5.93. The molecule has 1 atom stereocenters. The molecule has 36 heavy (non-hydrogen) atoms. The van der Waals surface area contributed by atoms with E-state index in [4.69, 9.17) is 14.2 Å². The van der Waals surface area contributed by atoms with Crippen molar-refractivity contribution < 1.29 is 32.2 Å². The number of nitrogens with zero attached hydrogens (tertiary/aromatic N) is 2. The van der Waals surface area contributed by atoms with E-state index in [1.807, 2.05) is 24.3 Å². The molecular formula is C26H30N2O7S. The first-order valence-electron chi connectivity index (χ1n) is 11.8. The van der Waals surface area contributed by atoms with Crippen molar-refractivity contribution in [2.45, 2.75) is 30.8 Å². The highest BCUT2D eigenvalue weighted by Gasteiger charge is 2.30. The zero-order chi connectivity index (χ0) is 25.7. The number of ether oxygens (including phenoxy) is 3. The standard InChI is InChI=1S/C26H30N2O7S/c1-19(26(30)28-13-5-7-21-6-3-4-8-22(21)28)35-25(29)12-10-20-9-11-23(33-2)24(18-20)36(31,32)27-14-16-34-17-15-27/h3-4,6,8-12,18-19H,5,7,13-17H2,1-2H3. The van der Waals surface area contributed by atoms with Gasteiger partial charge in [0.1, 0.15) is 10.6 Å². The number of aryl methyl sites for hydroxylation is 1. The molecule has 0 radical (unpaired) electrons. The van der Waals surface area contributed by atoms with Gasteiger partial charge in [0, 0.05) is 31.4 Å². The van der Waals surface area contributed by atoms with Crippen LogP contribution in [0.2, 0.25) is 0 Å². The summed E-state index contributed by atoms with van der Waals surface area (Å²) in [6.07, 6.45) is 3.41. The Morgan fingerprint density at radius 2 is 1.83 bits per heavy atom. The molecule has 0 N–H and O–H groups in total. The molecule has 0 aliphatic carbocycles. The lowest BCUT2D eigenvalue weighted by Gasteiger charge is -2.31. The van der Waals surface area contributed by atoms with Gasteiger partial charge < -0.3 is 19.1 Å². The Labute approximate surface area is 211 Å². The number of morpholine rings is 1. The third-order valence-electron chi connectivity index (χ3n) is 6.20. The molecule has 2 aliphatic heterocycles. The Morgan fingerprint density at radius 1 is 1.08 bits per heavy atom. The van der Waals surface area contributed by atoms with Gasteiger partial charge in [-0.3, -0.25) is 4.79 Å². The fraction of sp³-hybridized carbons (Fsp3) is 0.385. The zero-order valence-corrected chi connectivity index (χ0v) is 21.2. The lowest BCUT2D eigenvalue weighted by atomic mass is 10.0. The second-order valence-electron chi connectivity index (χ2n) is 8.56. The van der Waals surface area contributed by atoms with Crippen molar-refractivity contribution in [3.63, 3.8) is 0 Å². The number of carbonyl (C=O) groups is 2. The number of rotatable bonds is 7. The van der Waals surface area contributed by atoms with Gasteiger partial charge in [-0.25, -0.2) is 13.2 Å². The summed E-state index contributed by atoms with van der Waals surface area (Å²) < 4.78 is 43.5. The van der Waals surface area contributed by atoms with Crippen LogP contribution in [0.15, 0.2) is 53.4 Å². The third-order valence-corrected chi connectivity index (χ3v) is 8.12. The van der Waals surface area contributed by atoms with Gasteiger partial charge in [0.2, 0.25) is 10.0 Å². The summed E-state index contributed by atoms with van der Waals surface area (Å²) >= 11 is 0. The number of fused-ring (bicyclic) bond motifs is 1. The number of sulfonamides is 1. The summed E-state index contributed by atoms with van der Waals surface area (Å²) in [5.74, 6) is -0.774. The largest absolute Gasteiger partial charge is 0.495 e. The van der Waals surface area contributed by atoms with E-state index >= 15 is 0 Å². The van der Waals surface area contributed by atoms with Crippen LogP contribution in [0, 0.1) is 0 Å². The molecule has 1 amide bonds. The topological polar surface area (TPSA) is 102 Å². The number of esters is 1. The summed E-state index contributed by atoms with van der Waals surface area (Å²) in [7, 11) is -2.40. The fourth-order valence-electron chi connectivity index (χ4n) is 4.33. The normalized spacial score (nSPS) is 17.4. The van der Waals surface area contributed by atoms with Crippen molar-refractivity contribution >= 4 is 33.7 Å². The smallest absolute Gasteiger partial charge is 0.331 e. The molecule has 1 saturated heterocycles. The molecule has 2 aromatic rings. The van der Waals surface area contributed by atoms with Crippen LogP contribution in [0.3, 0.4) is 0 Å². The van der Waals surface area contributed by atoms with Crippen molar-refractivity contribution in [3.8, 4) is 5.75 Å². The number of anilines is 1. The molecule has 2 heterocycles. The van der Waals surface area contributed by atoms with Crippen LogP contribution < -0.4 is 9.64 Å². The first kappa shape index (κ1) is 25.9. The predicted molar refractivity (Wildman–Crippen MR) is 134 cm³/mol. The summed E-state index contributed by atoms with van der Waals surface area (Å²) in [5, 5.41) is 0. The van der Waals surface area contributed by atoms with Crippen molar-refractivity contribution in [2.24, 2.45) is 0 Å². The van der Waals surface area contributed by atoms with Gasteiger partial charge in [0.05, 0.1) is 20.3 Å². The predicted octanol–water partition coefficient (Wildman–Crippen LogP) is 2.64. The monoisotopic (exact) mass is 514 g/mol. The van der Waals surface area contributed by atoms with Crippen LogP contribution in [0.4, 0.5) is 5.69 Å². The number of carbonyl (C=O) groups excluding carboxylic acids is 2. The summed E-state index contributed by atoms with van der Waals surface area (Å²) in [5.41, 5.74) is 2.42. The highest BCUT2D eigenvalue weighted by atomic mass is 32.2. The molecule has 0 saturated carbocycles. The Bertz CT molecular complexity index is 1250. The molecule has 192 valence electrons. The Balaban J connectivity index is 1.45. The summed E-state index contributed by atoms with van der Waals surface area (Å²) in [6, 6.07) is 12.3. The van der Waals surface area contributed by atoms with E-state index in [0.29, 0.717) is 25.3 Å². The Kier molecular flexibility index (Phi) is 8.07. The van der Waals surface area contributed by atoms with Crippen LogP contribution in [0.1, 0.15) is 24.5 Å². The van der Waals surface area contributed by atoms with Crippen LogP contribution in [-0.4, -0.2) is 70.7 Å². The van der Waals surface area contributed by atoms with Gasteiger partial charge in [0.25, 0.3) is 5.91 Å². The quantitative estimate of drug-likeness (QED) is 0.413. The first-order chi connectivity index (χ1) is 17.3.